The van der Waals surface area contributed by atoms with E-state index in [2.05, 4.69) is 20.6 Å². The van der Waals surface area contributed by atoms with Crippen molar-refractivity contribution < 1.29 is 19.2 Å². The van der Waals surface area contributed by atoms with Crippen molar-refractivity contribution in [3.8, 4) is 5.75 Å². The summed E-state index contributed by atoms with van der Waals surface area (Å²) >= 11 is 6.64. The second-order valence-electron chi connectivity index (χ2n) is 9.62. The quantitative estimate of drug-likeness (QED) is 0.325. The van der Waals surface area contributed by atoms with Crippen LogP contribution in [0.3, 0.4) is 0 Å². The van der Waals surface area contributed by atoms with Crippen LogP contribution >= 0.6 is 11.6 Å². The number of hydrogen-bond donors (Lipinski definition) is 2. The Morgan fingerprint density at radius 2 is 2.03 bits per heavy atom. The molecule has 0 saturated heterocycles. The number of ether oxygens (including phenoxy) is 1. The number of aromatic hydroxyl groups is 1. The molecule has 4 rings (SSSR count). The molecular weight excluding hydrogens is 512 g/mol. The van der Waals surface area contributed by atoms with Gasteiger partial charge in [0.25, 0.3) is 11.5 Å². The number of halogens is 1. The average molecular weight is 541 g/mol. The Morgan fingerprint density at radius 1 is 1.29 bits per heavy atom. The highest BCUT2D eigenvalue weighted by molar-refractivity contribution is 6.31. The van der Waals surface area contributed by atoms with E-state index in [9.17, 15) is 14.7 Å². The first-order valence-corrected chi connectivity index (χ1v) is 12.2. The Balaban J connectivity index is 1.80. The molecule has 0 aliphatic carbocycles. The van der Waals surface area contributed by atoms with E-state index in [0.29, 0.717) is 11.6 Å². The van der Waals surface area contributed by atoms with Crippen LogP contribution in [0.1, 0.15) is 60.0 Å². The standard InChI is InChI=1S/C26H29ClN6O5/c1-15(23-31-21(22(34)25(36)32(23)4)24(35)30-17-11-29-38-13-17)20(18-8-6-7-9-19(18)27)16-10-28-33(12-16)14-26(2,3)37-5/h6-13,15,20,34H,14H2,1-5H3,(H,30,35)/t15-,20+/m0/s1. The number of aromatic nitrogens is 5. The van der Waals surface area contributed by atoms with Crippen molar-refractivity contribution in [1.82, 2.24) is 24.5 Å². The molecule has 0 saturated carbocycles. The SMILES string of the molecule is COC(C)(C)Cn1cc([C@H](c2ccccc2Cl)[C@H](C)c2nc(C(=O)Nc3cnoc3)c(O)c(=O)n2C)cn1. The first-order valence-electron chi connectivity index (χ1n) is 11.8. The van der Waals surface area contributed by atoms with Crippen LogP contribution in [0.5, 0.6) is 5.75 Å². The molecule has 0 radical (unpaired) electrons. The Bertz CT molecular complexity index is 1490. The van der Waals surface area contributed by atoms with Gasteiger partial charge in [0.2, 0.25) is 5.75 Å². The van der Waals surface area contributed by atoms with E-state index in [4.69, 9.17) is 20.9 Å². The highest BCUT2D eigenvalue weighted by Gasteiger charge is 2.31. The van der Waals surface area contributed by atoms with Gasteiger partial charge in [-0.1, -0.05) is 41.9 Å². The van der Waals surface area contributed by atoms with Gasteiger partial charge in [0.1, 0.15) is 17.8 Å². The second kappa shape index (κ2) is 10.8. The van der Waals surface area contributed by atoms with Crippen LogP contribution in [0.4, 0.5) is 5.69 Å². The van der Waals surface area contributed by atoms with Crippen molar-refractivity contribution in [3.63, 3.8) is 0 Å². The molecule has 0 bridgehead atoms. The summed E-state index contributed by atoms with van der Waals surface area (Å²) in [6, 6.07) is 7.40. The van der Waals surface area contributed by atoms with Crippen molar-refractivity contribution in [2.45, 2.75) is 44.8 Å². The van der Waals surface area contributed by atoms with Crippen LogP contribution in [0.2, 0.25) is 5.02 Å². The highest BCUT2D eigenvalue weighted by atomic mass is 35.5. The Morgan fingerprint density at radius 3 is 2.68 bits per heavy atom. The molecule has 11 nitrogen and oxygen atoms in total. The molecule has 4 aromatic rings. The van der Waals surface area contributed by atoms with Crippen LogP contribution in [0.15, 0.2) is 58.4 Å². The summed E-state index contributed by atoms with van der Waals surface area (Å²) in [5, 5.41) is 21.6. The van der Waals surface area contributed by atoms with Gasteiger partial charge >= 0.3 is 0 Å². The number of anilines is 1. The van der Waals surface area contributed by atoms with Gasteiger partial charge in [0.05, 0.1) is 24.5 Å². The number of hydrogen-bond acceptors (Lipinski definition) is 8. The van der Waals surface area contributed by atoms with Crippen LogP contribution in [-0.4, -0.2) is 48.2 Å². The van der Waals surface area contributed by atoms with E-state index >= 15 is 0 Å². The first-order chi connectivity index (χ1) is 18.0. The number of amides is 1. The zero-order valence-electron chi connectivity index (χ0n) is 21.7. The van der Waals surface area contributed by atoms with Crippen molar-refractivity contribution in [2.24, 2.45) is 7.05 Å². The fourth-order valence-corrected chi connectivity index (χ4v) is 4.58. The van der Waals surface area contributed by atoms with Gasteiger partial charge in [-0.05, 0) is 31.0 Å². The summed E-state index contributed by atoms with van der Waals surface area (Å²) in [6.45, 7) is 6.32. The van der Waals surface area contributed by atoms with Gasteiger partial charge in [-0.15, -0.1) is 0 Å². The lowest BCUT2D eigenvalue weighted by Crippen LogP contribution is -2.29. The van der Waals surface area contributed by atoms with E-state index in [1.165, 1.54) is 24.1 Å². The summed E-state index contributed by atoms with van der Waals surface area (Å²) in [5.41, 5.74) is 0.274. The third kappa shape index (κ3) is 5.48. The summed E-state index contributed by atoms with van der Waals surface area (Å²) < 4.78 is 13.3. The smallest absolute Gasteiger partial charge is 0.296 e. The van der Waals surface area contributed by atoms with Crippen molar-refractivity contribution in [2.75, 3.05) is 12.4 Å². The van der Waals surface area contributed by atoms with Crippen LogP contribution in [0, 0.1) is 0 Å². The lowest BCUT2D eigenvalue weighted by atomic mass is 9.82. The van der Waals surface area contributed by atoms with E-state index in [0.717, 1.165) is 11.1 Å². The van der Waals surface area contributed by atoms with Gasteiger partial charge in [-0.25, -0.2) is 4.98 Å². The zero-order valence-corrected chi connectivity index (χ0v) is 22.4. The fourth-order valence-electron chi connectivity index (χ4n) is 4.32. The number of nitrogens with one attached hydrogen (secondary N) is 1. The summed E-state index contributed by atoms with van der Waals surface area (Å²) in [4.78, 5) is 30.3. The number of carbonyl (C=O) groups is 1. The second-order valence-corrected chi connectivity index (χ2v) is 10.0. The minimum atomic E-state index is -0.777. The molecule has 38 heavy (non-hydrogen) atoms. The van der Waals surface area contributed by atoms with Gasteiger partial charge in [-0.3, -0.25) is 18.8 Å². The largest absolute Gasteiger partial charge is 0.501 e. The minimum Gasteiger partial charge on any atom is -0.501 e. The summed E-state index contributed by atoms with van der Waals surface area (Å²) in [7, 11) is 3.14. The molecular formula is C26H29ClN6O5. The summed E-state index contributed by atoms with van der Waals surface area (Å²) in [6.07, 6.45) is 6.16. The highest BCUT2D eigenvalue weighted by Crippen LogP contribution is 2.40. The maximum absolute atomic E-state index is 13.0. The lowest BCUT2D eigenvalue weighted by Gasteiger charge is -2.26. The van der Waals surface area contributed by atoms with E-state index in [1.54, 1.807) is 24.1 Å². The molecule has 200 valence electrons. The molecule has 1 amide bonds. The molecule has 0 aliphatic heterocycles. The molecule has 2 atom stereocenters. The topological polar surface area (TPSA) is 137 Å². The van der Waals surface area contributed by atoms with Crippen molar-refractivity contribution >= 4 is 23.2 Å². The predicted molar refractivity (Wildman–Crippen MR) is 141 cm³/mol. The number of benzene rings is 1. The van der Waals surface area contributed by atoms with Crippen molar-refractivity contribution in [1.29, 1.82) is 0 Å². The first kappa shape index (κ1) is 27.1. The number of carbonyl (C=O) groups excluding carboxylic acids is 1. The molecule has 3 aromatic heterocycles. The van der Waals surface area contributed by atoms with Gasteiger partial charge < -0.3 is 19.7 Å². The fraction of sp³-hybridized carbons (Fsp3) is 0.346. The Hall–Kier alpha value is -3.96. The molecule has 12 heteroatoms. The van der Waals surface area contributed by atoms with Crippen LogP contribution in [0.25, 0.3) is 0 Å². The van der Waals surface area contributed by atoms with Crippen LogP contribution < -0.4 is 10.9 Å². The van der Waals surface area contributed by atoms with Crippen molar-refractivity contribution in [3.05, 3.63) is 87.1 Å². The number of rotatable bonds is 9. The van der Waals surface area contributed by atoms with Gasteiger partial charge in [0, 0.05) is 37.2 Å². The third-order valence-corrected chi connectivity index (χ3v) is 6.81. The normalized spacial score (nSPS) is 13.3. The maximum atomic E-state index is 13.0. The third-order valence-electron chi connectivity index (χ3n) is 6.46. The monoisotopic (exact) mass is 540 g/mol. The molecule has 0 spiro atoms. The number of nitrogens with zero attached hydrogens (tertiary/aromatic N) is 5. The van der Waals surface area contributed by atoms with Gasteiger partial charge in [-0.2, -0.15) is 5.10 Å². The number of methoxy groups -OCH3 is 1. The molecule has 0 fully saturated rings. The predicted octanol–water partition coefficient (Wildman–Crippen LogP) is 3.94. The molecule has 3 heterocycles. The van der Waals surface area contributed by atoms with E-state index < -0.39 is 34.4 Å². The Labute approximate surface area is 224 Å². The zero-order chi connectivity index (χ0) is 27.6. The molecule has 2 N–H and O–H groups in total. The lowest BCUT2D eigenvalue weighted by molar-refractivity contribution is 0.00539. The Kier molecular flexibility index (Phi) is 7.70. The van der Waals surface area contributed by atoms with E-state index in [1.807, 2.05) is 45.2 Å². The summed E-state index contributed by atoms with van der Waals surface area (Å²) in [5.74, 6) is -2.12. The van der Waals surface area contributed by atoms with Gasteiger partial charge in [0.15, 0.2) is 5.69 Å². The molecule has 1 aromatic carbocycles. The van der Waals surface area contributed by atoms with E-state index in [-0.39, 0.29) is 17.4 Å². The molecule has 0 unspecified atom stereocenters. The molecule has 0 aliphatic rings. The average Bonchev–Trinajstić information content (AvgIpc) is 3.56. The van der Waals surface area contributed by atoms with Crippen LogP contribution in [-0.2, 0) is 18.3 Å². The maximum Gasteiger partial charge on any atom is 0.296 e. The minimum absolute atomic E-state index is 0.256.